The number of hydrogen-bond acceptors (Lipinski definition) is 5. The standard InChI is InChI=1S/C23H25N7O/c1-28-12-14-29(15-13-28)22(31)11-8-17-6-9-18(10-7-17)30-16-21(25-27-30)23-19-4-2-3-5-20(19)24-26-23/h2-7,9-10,16H,8,11-15H2,1H3,(H,24,26). The van der Waals surface area contributed by atoms with Crippen LogP contribution in [0, 0.1) is 0 Å². The van der Waals surface area contributed by atoms with E-state index in [1.807, 2.05) is 47.5 Å². The Balaban J connectivity index is 1.24. The van der Waals surface area contributed by atoms with Crippen molar-refractivity contribution in [3.05, 3.63) is 60.3 Å². The second-order valence-electron chi connectivity index (χ2n) is 8.02. The molecule has 0 saturated carbocycles. The van der Waals surface area contributed by atoms with Crippen molar-refractivity contribution >= 4 is 16.8 Å². The Bertz CT molecular complexity index is 1190. The number of fused-ring (bicyclic) bond motifs is 1. The number of carbonyl (C=O) groups is 1. The van der Waals surface area contributed by atoms with Crippen molar-refractivity contribution in [3.63, 3.8) is 0 Å². The van der Waals surface area contributed by atoms with Gasteiger partial charge in [0.25, 0.3) is 0 Å². The highest BCUT2D eigenvalue weighted by molar-refractivity contribution is 5.91. The van der Waals surface area contributed by atoms with Gasteiger partial charge in [-0.05, 0) is 37.2 Å². The number of piperazine rings is 1. The first-order chi connectivity index (χ1) is 15.2. The third-order valence-corrected chi connectivity index (χ3v) is 5.89. The maximum Gasteiger partial charge on any atom is 0.222 e. The third kappa shape index (κ3) is 4.06. The van der Waals surface area contributed by atoms with Crippen LogP contribution in [0.1, 0.15) is 12.0 Å². The summed E-state index contributed by atoms with van der Waals surface area (Å²) in [6, 6.07) is 16.1. The lowest BCUT2D eigenvalue weighted by atomic mass is 10.1. The van der Waals surface area contributed by atoms with Gasteiger partial charge in [0, 0.05) is 38.0 Å². The highest BCUT2D eigenvalue weighted by Crippen LogP contribution is 2.24. The fourth-order valence-electron chi connectivity index (χ4n) is 3.94. The summed E-state index contributed by atoms with van der Waals surface area (Å²) in [6.07, 6.45) is 3.17. The summed E-state index contributed by atoms with van der Waals surface area (Å²) in [5.74, 6) is 0.240. The second-order valence-corrected chi connectivity index (χ2v) is 8.02. The van der Waals surface area contributed by atoms with E-state index in [4.69, 9.17) is 0 Å². The molecule has 158 valence electrons. The van der Waals surface area contributed by atoms with Gasteiger partial charge in [0.2, 0.25) is 5.91 Å². The lowest BCUT2D eigenvalue weighted by molar-refractivity contribution is -0.132. The predicted octanol–water partition coefficient (Wildman–Crippen LogP) is 2.52. The highest BCUT2D eigenvalue weighted by Gasteiger charge is 2.18. The van der Waals surface area contributed by atoms with Crippen LogP contribution in [0.4, 0.5) is 0 Å². The number of nitrogens with one attached hydrogen (secondary N) is 1. The van der Waals surface area contributed by atoms with E-state index in [2.05, 4.69) is 44.6 Å². The minimum atomic E-state index is 0.240. The summed E-state index contributed by atoms with van der Waals surface area (Å²) in [4.78, 5) is 16.7. The number of carbonyl (C=O) groups excluding carboxylic acids is 1. The van der Waals surface area contributed by atoms with Crippen LogP contribution in [-0.2, 0) is 11.2 Å². The molecule has 1 saturated heterocycles. The Hall–Kier alpha value is -3.52. The van der Waals surface area contributed by atoms with Gasteiger partial charge in [0.1, 0.15) is 11.4 Å². The van der Waals surface area contributed by atoms with E-state index in [1.165, 1.54) is 0 Å². The summed E-state index contributed by atoms with van der Waals surface area (Å²) in [6.45, 7) is 3.56. The number of nitrogens with zero attached hydrogens (tertiary/aromatic N) is 6. The molecule has 0 bridgehead atoms. The molecule has 3 heterocycles. The van der Waals surface area contributed by atoms with Gasteiger partial charge in [-0.25, -0.2) is 4.68 Å². The van der Waals surface area contributed by atoms with Gasteiger partial charge in [-0.1, -0.05) is 35.5 Å². The number of aryl methyl sites for hydroxylation is 1. The highest BCUT2D eigenvalue weighted by atomic mass is 16.2. The molecular formula is C23H25N7O. The van der Waals surface area contributed by atoms with Gasteiger partial charge in [-0.15, -0.1) is 5.10 Å². The van der Waals surface area contributed by atoms with Crippen molar-refractivity contribution < 1.29 is 4.79 Å². The topological polar surface area (TPSA) is 82.9 Å². The van der Waals surface area contributed by atoms with Crippen LogP contribution in [0.2, 0.25) is 0 Å². The van der Waals surface area contributed by atoms with Crippen molar-refractivity contribution in [2.75, 3.05) is 33.2 Å². The van der Waals surface area contributed by atoms with Gasteiger partial charge in [-0.2, -0.15) is 5.10 Å². The zero-order chi connectivity index (χ0) is 21.2. The van der Waals surface area contributed by atoms with Crippen molar-refractivity contribution in [3.8, 4) is 17.1 Å². The molecule has 8 nitrogen and oxygen atoms in total. The van der Waals surface area contributed by atoms with E-state index in [-0.39, 0.29) is 5.91 Å². The molecule has 1 fully saturated rings. The van der Waals surface area contributed by atoms with Crippen molar-refractivity contribution in [2.24, 2.45) is 0 Å². The van der Waals surface area contributed by atoms with Crippen LogP contribution < -0.4 is 0 Å². The number of aromatic amines is 1. The van der Waals surface area contributed by atoms with Crippen LogP contribution in [0.5, 0.6) is 0 Å². The van der Waals surface area contributed by atoms with E-state index in [0.29, 0.717) is 6.42 Å². The predicted molar refractivity (Wildman–Crippen MR) is 119 cm³/mol. The molecule has 0 aliphatic carbocycles. The fraction of sp³-hybridized carbons (Fsp3) is 0.304. The first-order valence-electron chi connectivity index (χ1n) is 10.6. The largest absolute Gasteiger partial charge is 0.340 e. The Morgan fingerprint density at radius 3 is 2.61 bits per heavy atom. The Morgan fingerprint density at radius 2 is 1.81 bits per heavy atom. The fourth-order valence-corrected chi connectivity index (χ4v) is 3.94. The number of rotatable bonds is 5. The molecule has 5 rings (SSSR count). The maximum absolute atomic E-state index is 12.5. The summed E-state index contributed by atoms with van der Waals surface area (Å²) >= 11 is 0. The second kappa shape index (κ2) is 8.31. The molecular weight excluding hydrogens is 390 g/mol. The summed E-state index contributed by atoms with van der Waals surface area (Å²) in [7, 11) is 2.10. The van der Waals surface area contributed by atoms with Gasteiger partial charge < -0.3 is 9.80 Å². The quantitative estimate of drug-likeness (QED) is 0.542. The smallest absolute Gasteiger partial charge is 0.222 e. The van der Waals surface area contributed by atoms with E-state index in [0.717, 1.165) is 66.1 Å². The number of amides is 1. The SMILES string of the molecule is CN1CCN(C(=O)CCc2ccc(-n3cc(-c4n[nH]c5ccccc45)nn3)cc2)CC1. The Labute approximate surface area is 180 Å². The summed E-state index contributed by atoms with van der Waals surface area (Å²) in [5, 5.41) is 17.0. The van der Waals surface area contributed by atoms with Crippen molar-refractivity contribution in [1.82, 2.24) is 35.0 Å². The average Bonchev–Trinajstić information content (AvgIpc) is 3.45. The molecule has 1 amide bonds. The molecule has 2 aromatic heterocycles. The number of hydrogen-bond donors (Lipinski definition) is 1. The Kier molecular flexibility index (Phi) is 5.21. The molecule has 0 radical (unpaired) electrons. The third-order valence-electron chi connectivity index (χ3n) is 5.89. The Morgan fingerprint density at radius 1 is 1.03 bits per heavy atom. The van der Waals surface area contributed by atoms with Crippen LogP contribution in [0.15, 0.2) is 54.7 Å². The molecule has 1 N–H and O–H groups in total. The zero-order valence-electron chi connectivity index (χ0n) is 17.5. The number of para-hydroxylation sites is 1. The van der Waals surface area contributed by atoms with E-state index in [1.54, 1.807) is 4.68 Å². The van der Waals surface area contributed by atoms with E-state index < -0.39 is 0 Å². The minimum Gasteiger partial charge on any atom is -0.340 e. The summed E-state index contributed by atoms with van der Waals surface area (Å²) in [5.41, 5.74) is 4.56. The molecule has 1 aliphatic rings. The van der Waals surface area contributed by atoms with Crippen molar-refractivity contribution in [1.29, 1.82) is 0 Å². The van der Waals surface area contributed by atoms with Crippen LogP contribution in [0.25, 0.3) is 28.0 Å². The van der Waals surface area contributed by atoms with Gasteiger partial charge in [0.05, 0.1) is 17.4 Å². The molecule has 4 aromatic rings. The van der Waals surface area contributed by atoms with Gasteiger partial charge in [0.15, 0.2) is 0 Å². The minimum absolute atomic E-state index is 0.240. The number of aromatic nitrogens is 5. The summed E-state index contributed by atoms with van der Waals surface area (Å²) < 4.78 is 1.75. The monoisotopic (exact) mass is 415 g/mol. The van der Waals surface area contributed by atoms with E-state index in [9.17, 15) is 4.79 Å². The molecule has 31 heavy (non-hydrogen) atoms. The molecule has 2 aromatic carbocycles. The molecule has 0 spiro atoms. The molecule has 0 atom stereocenters. The van der Waals surface area contributed by atoms with Crippen LogP contribution in [-0.4, -0.2) is 74.1 Å². The molecule has 0 unspecified atom stereocenters. The lowest BCUT2D eigenvalue weighted by Crippen LogP contribution is -2.47. The molecule has 8 heteroatoms. The number of H-pyrrole nitrogens is 1. The van der Waals surface area contributed by atoms with Crippen LogP contribution in [0.3, 0.4) is 0 Å². The first-order valence-corrected chi connectivity index (χ1v) is 10.6. The van der Waals surface area contributed by atoms with E-state index >= 15 is 0 Å². The first kappa shape index (κ1) is 19.4. The van der Waals surface area contributed by atoms with Gasteiger partial charge in [-0.3, -0.25) is 9.89 Å². The van der Waals surface area contributed by atoms with Gasteiger partial charge >= 0.3 is 0 Å². The molecule has 1 aliphatic heterocycles. The normalized spacial score (nSPS) is 14.9. The number of likely N-dealkylation sites (N-methyl/N-ethyl adjacent to an activating group) is 1. The average molecular weight is 416 g/mol. The zero-order valence-corrected chi connectivity index (χ0v) is 17.5. The number of benzene rings is 2. The van der Waals surface area contributed by atoms with Crippen molar-refractivity contribution in [2.45, 2.75) is 12.8 Å². The maximum atomic E-state index is 12.5. The lowest BCUT2D eigenvalue weighted by Gasteiger charge is -2.32. The van der Waals surface area contributed by atoms with Crippen LogP contribution >= 0.6 is 0 Å².